The van der Waals surface area contributed by atoms with Gasteiger partial charge in [0.2, 0.25) is 0 Å². The molecule has 1 aromatic carbocycles. The molecule has 0 saturated heterocycles. The van der Waals surface area contributed by atoms with Crippen LogP contribution in [0.2, 0.25) is 0 Å². The van der Waals surface area contributed by atoms with Crippen molar-refractivity contribution < 1.29 is 13.0 Å². The van der Waals surface area contributed by atoms with Crippen molar-refractivity contribution in [3.8, 4) is 0 Å². The summed E-state index contributed by atoms with van der Waals surface area (Å²) in [6.45, 7) is 3.03. The number of hydrogen-bond acceptors (Lipinski definition) is 2. The van der Waals surface area contributed by atoms with Crippen LogP contribution in [0.3, 0.4) is 0 Å². The first-order chi connectivity index (χ1) is 9.61. The lowest BCUT2D eigenvalue weighted by atomic mass is 10.0. The molecule has 1 aliphatic carbocycles. The van der Waals surface area contributed by atoms with E-state index in [0.717, 1.165) is 37.9 Å². The highest BCUT2D eigenvalue weighted by atomic mass is 32.2. The van der Waals surface area contributed by atoms with Crippen LogP contribution >= 0.6 is 0 Å². The maximum absolute atomic E-state index is 13.6. The molecule has 0 spiro atoms. The molecule has 1 saturated carbocycles. The Morgan fingerprint density at radius 2 is 2.15 bits per heavy atom. The lowest BCUT2D eigenvalue weighted by molar-refractivity contribution is 0.399. The first kappa shape index (κ1) is 15.6. The van der Waals surface area contributed by atoms with Crippen molar-refractivity contribution in [2.24, 2.45) is 5.92 Å². The Balaban J connectivity index is 1.91. The molecule has 0 aromatic heterocycles. The average molecular weight is 301 g/mol. The van der Waals surface area contributed by atoms with E-state index in [1.165, 1.54) is 12.5 Å². The maximum atomic E-state index is 13.6. The van der Waals surface area contributed by atoms with Gasteiger partial charge in [0.05, 0.1) is 15.7 Å². The Labute approximate surface area is 121 Å². The van der Waals surface area contributed by atoms with Crippen molar-refractivity contribution in [3.05, 3.63) is 29.8 Å². The summed E-state index contributed by atoms with van der Waals surface area (Å²) in [5, 5.41) is 3.45. The van der Waals surface area contributed by atoms with Gasteiger partial charge >= 0.3 is 0 Å². The van der Waals surface area contributed by atoms with E-state index in [0.29, 0.717) is 17.7 Å². The SMILES string of the molecule is CCNC1CCCC1CCS(=O)c1ccc(F)cc1F. The molecule has 0 heterocycles. The highest BCUT2D eigenvalue weighted by Gasteiger charge is 2.26. The monoisotopic (exact) mass is 301 g/mol. The minimum Gasteiger partial charge on any atom is -0.314 e. The summed E-state index contributed by atoms with van der Waals surface area (Å²) in [5.74, 6) is -0.388. The molecule has 0 amide bonds. The van der Waals surface area contributed by atoms with Crippen molar-refractivity contribution in [3.63, 3.8) is 0 Å². The first-order valence-electron chi connectivity index (χ1n) is 7.18. The van der Waals surface area contributed by atoms with Gasteiger partial charge in [-0.25, -0.2) is 8.78 Å². The summed E-state index contributed by atoms with van der Waals surface area (Å²) in [7, 11) is -1.39. The molecule has 112 valence electrons. The second-order valence-electron chi connectivity index (χ2n) is 5.27. The summed E-state index contributed by atoms with van der Waals surface area (Å²) in [4.78, 5) is 0.115. The number of halogens is 2. The maximum Gasteiger partial charge on any atom is 0.142 e. The van der Waals surface area contributed by atoms with Gasteiger partial charge in [0.1, 0.15) is 11.6 Å². The van der Waals surface area contributed by atoms with Crippen molar-refractivity contribution in [1.82, 2.24) is 5.32 Å². The zero-order chi connectivity index (χ0) is 14.5. The lowest BCUT2D eigenvalue weighted by Crippen LogP contribution is -2.32. The van der Waals surface area contributed by atoms with Gasteiger partial charge in [-0.05, 0) is 43.9 Å². The van der Waals surface area contributed by atoms with Crippen molar-refractivity contribution >= 4 is 10.8 Å². The molecule has 1 aliphatic rings. The third kappa shape index (κ3) is 3.85. The van der Waals surface area contributed by atoms with E-state index < -0.39 is 22.4 Å². The van der Waals surface area contributed by atoms with Crippen molar-refractivity contribution in [1.29, 1.82) is 0 Å². The van der Waals surface area contributed by atoms with Crippen LogP contribution < -0.4 is 5.32 Å². The Bertz CT molecular complexity index is 481. The standard InChI is InChI=1S/C15H21F2NOS/c1-2-18-14-5-3-4-11(14)8-9-20(19)15-7-6-12(16)10-13(15)17/h6-7,10-11,14,18H,2-5,8-9H2,1H3. The van der Waals surface area contributed by atoms with Crippen LogP contribution in [0.15, 0.2) is 23.1 Å². The van der Waals surface area contributed by atoms with Crippen LogP contribution in [0.25, 0.3) is 0 Å². The first-order valence-corrected chi connectivity index (χ1v) is 8.50. The van der Waals surface area contributed by atoms with Gasteiger partial charge in [-0.1, -0.05) is 13.3 Å². The molecule has 3 unspecified atom stereocenters. The Hall–Kier alpha value is -0.810. The molecule has 0 bridgehead atoms. The summed E-state index contributed by atoms with van der Waals surface area (Å²) in [6.07, 6.45) is 4.32. The molecule has 0 radical (unpaired) electrons. The summed E-state index contributed by atoms with van der Waals surface area (Å²) < 4.78 is 38.5. The van der Waals surface area contributed by atoms with Gasteiger partial charge < -0.3 is 5.32 Å². The molecule has 3 atom stereocenters. The van der Waals surface area contributed by atoms with Crippen LogP contribution in [0.1, 0.15) is 32.6 Å². The molecule has 2 rings (SSSR count). The zero-order valence-corrected chi connectivity index (χ0v) is 12.5. The second-order valence-corrected chi connectivity index (χ2v) is 6.81. The van der Waals surface area contributed by atoms with Crippen LogP contribution in [0.5, 0.6) is 0 Å². The summed E-state index contributed by atoms with van der Waals surface area (Å²) in [6, 6.07) is 3.74. The fourth-order valence-electron chi connectivity index (χ4n) is 2.94. The topological polar surface area (TPSA) is 29.1 Å². The van der Waals surface area contributed by atoms with Crippen molar-refractivity contribution in [2.45, 2.75) is 43.5 Å². The van der Waals surface area contributed by atoms with E-state index in [1.54, 1.807) is 0 Å². The smallest absolute Gasteiger partial charge is 0.142 e. The Kier molecular flexibility index (Phi) is 5.66. The van der Waals surface area contributed by atoms with Gasteiger partial charge in [0, 0.05) is 17.9 Å². The molecular weight excluding hydrogens is 280 g/mol. The van der Waals surface area contributed by atoms with E-state index in [2.05, 4.69) is 12.2 Å². The van der Waals surface area contributed by atoms with E-state index in [9.17, 15) is 13.0 Å². The van der Waals surface area contributed by atoms with E-state index in [-0.39, 0.29) is 4.90 Å². The van der Waals surface area contributed by atoms with Gasteiger partial charge in [-0.3, -0.25) is 4.21 Å². The van der Waals surface area contributed by atoms with Gasteiger partial charge in [0.25, 0.3) is 0 Å². The molecule has 2 nitrogen and oxygen atoms in total. The fourth-order valence-corrected chi connectivity index (χ4v) is 4.17. The molecular formula is C15H21F2NOS. The van der Waals surface area contributed by atoms with E-state index >= 15 is 0 Å². The number of nitrogens with one attached hydrogen (secondary N) is 1. The largest absolute Gasteiger partial charge is 0.314 e. The molecule has 1 fully saturated rings. The molecule has 0 aliphatic heterocycles. The van der Waals surface area contributed by atoms with E-state index in [4.69, 9.17) is 0 Å². The third-order valence-electron chi connectivity index (χ3n) is 3.94. The quantitative estimate of drug-likeness (QED) is 0.874. The molecule has 5 heteroatoms. The highest BCUT2D eigenvalue weighted by molar-refractivity contribution is 7.85. The Morgan fingerprint density at radius 3 is 2.85 bits per heavy atom. The summed E-state index contributed by atoms with van der Waals surface area (Å²) >= 11 is 0. The molecule has 1 N–H and O–H groups in total. The number of rotatable bonds is 6. The van der Waals surface area contributed by atoms with Gasteiger partial charge in [-0.15, -0.1) is 0 Å². The van der Waals surface area contributed by atoms with Crippen LogP contribution in [0.4, 0.5) is 8.78 Å². The fraction of sp³-hybridized carbons (Fsp3) is 0.600. The minimum absolute atomic E-state index is 0.115. The average Bonchev–Trinajstić information content (AvgIpc) is 2.84. The number of hydrogen-bond donors (Lipinski definition) is 1. The van der Waals surface area contributed by atoms with Gasteiger partial charge in [-0.2, -0.15) is 0 Å². The van der Waals surface area contributed by atoms with Gasteiger partial charge in [0.15, 0.2) is 0 Å². The lowest BCUT2D eigenvalue weighted by Gasteiger charge is -2.20. The van der Waals surface area contributed by atoms with Crippen LogP contribution in [0, 0.1) is 17.6 Å². The highest BCUT2D eigenvalue weighted by Crippen LogP contribution is 2.29. The number of benzene rings is 1. The third-order valence-corrected chi connectivity index (χ3v) is 5.37. The molecule has 20 heavy (non-hydrogen) atoms. The minimum atomic E-state index is -1.39. The zero-order valence-electron chi connectivity index (χ0n) is 11.7. The molecule has 1 aromatic rings. The van der Waals surface area contributed by atoms with Crippen LogP contribution in [-0.4, -0.2) is 22.5 Å². The normalized spacial score (nSPS) is 23.9. The summed E-state index contributed by atoms with van der Waals surface area (Å²) in [5.41, 5.74) is 0. The predicted octanol–water partition coefficient (Wildman–Crippen LogP) is 3.24. The van der Waals surface area contributed by atoms with E-state index in [1.807, 2.05) is 0 Å². The van der Waals surface area contributed by atoms with Crippen LogP contribution in [-0.2, 0) is 10.8 Å². The predicted molar refractivity (Wildman–Crippen MR) is 77.1 cm³/mol. The second kappa shape index (κ2) is 7.27. The van der Waals surface area contributed by atoms with Crippen molar-refractivity contribution in [2.75, 3.05) is 12.3 Å². The Morgan fingerprint density at radius 1 is 1.35 bits per heavy atom.